The molecule has 2 fully saturated rings. The molecule has 12 heteroatoms. The van der Waals surface area contributed by atoms with Crippen LogP contribution in [0.15, 0.2) is 42.9 Å². The number of β-amino-alcohol motifs (C(OH)–C–C–N with tert-alkyl or cyclic N) is 1. The van der Waals surface area contributed by atoms with Gasteiger partial charge in [-0.25, -0.2) is 19.3 Å². The number of aromatic nitrogens is 3. The second kappa shape index (κ2) is 11.7. The standard InChI is InChI=1S/C32H36F2N4O6/c1-4-22-25(33)6-5-20-11-21(43-19-41-3)12-24(28(20)22)32(34,31(16-39)7-8-31)44-27-13-26-23(14-35-27)29(37-18-36-26)38-9-10-42-17-30(2,40)15-38/h5-6,11-14,18,39-40H,4,7-10,15-17,19H2,1-3H3/t30-,32+/m0/s1. The minimum atomic E-state index is -2.61. The third-order valence-electron chi connectivity index (χ3n) is 8.49. The van der Waals surface area contributed by atoms with Crippen LogP contribution in [0.5, 0.6) is 11.6 Å². The molecular formula is C32H36F2N4O6. The van der Waals surface area contributed by atoms with E-state index in [1.54, 1.807) is 26.0 Å². The van der Waals surface area contributed by atoms with Gasteiger partial charge in [0.2, 0.25) is 5.88 Å². The van der Waals surface area contributed by atoms with Gasteiger partial charge in [-0.05, 0) is 60.7 Å². The van der Waals surface area contributed by atoms with Crippen molar-refractivity contribution in [3.05, 3.63) is 59.8 Å². The SMILES string of the molecule is CCc1c(F)ccc2cc(OCOC)cc([C@@](F)(Oc3cc4ncnc(N5CCOC[C@@](C)(O)C5)c4cn3)C3(CO)CC3)c12. The molecule has 0 radical (unpaired) electrons. The average molecular weight is 611 g/mol. The molecule has 0 unspecified atom stereocenters. The zero-order valence-electron chi connectivity index (χ0n) is 25.0. The van der Waals surface area contributed by atoms with Crippen molar-refractivity contribution >= 4 is 27.5 Å². The lowest BCUT2D eigenvalue weighted by molar-refractivity contribution is -0.147. The van der Waals surface area contributed by atoms with Crippen molar-refractivity contribution in [2.24, 2.45) is 5.41 Å². The molecule has 1 aliphatic carbocycles. The molecule has 3 heterocycles. The van der Waals surface area contributed by atoms with E-state index >= 15 is 8.78 Å². The summed E-state index contributed by atoms with van der Waals surface area (Å²) in [6.45, 7) is 4.31. The van der Waals surface area contributed by atoms with Gasteiger partial charge in [-0.15, -0.1) is 0 Å². The third kappa shape index (κ3) is 5.40. The zero-order valence-corrected chi connectivity index (χ0v) is 25.0. The largest absolute Gasteiger partial charge is 0.468 e. The molecule has 234 valence electrons. The number of ether oxygens (including phenoxy) is 4. The summed E-state index contributed by atoms with van der Waals surface area (Å²) in [4.78, 5) is 15.2. The number of aliphatic hydroxyl groups is 2. The molecule has 6 rings (SSSR count). The Kier molecular flexibility index (Phi) is 8.03. The van der Waals surface area contributed by atoms with Crippen molar-refractivity contribution in [1.82, 2.24) is 15.0 Å². The number of anilines is 1. The number of hydrogen-bond acceptors (Lipinski definition) is 10. The fourth-order valence-corrected chi connectivity index (χ4v) is 6.03. The van der Waals surface area contributed by atoms with Crippen LogP contribution in [0.2, 0.25) is 0 Å². The lowest BCUT2D eigenvalue weighted by Crippen LogP contribution is -2.42. The number of methoxy groups -OCH3 is 1. The Morgan fingerprint density at radius 1 is 1.16 bits per heavy atom. The van der Waals surface area contributed by atoms with Gasteiger partial charge in [-0.3, -0.25) is 0 Å². The Bertz CT molecular complexity index is 1680. The average Bonchev–Trinajstić information content (AvgIpc) is 3.84. The van der Waals surface area contributed by atoms with Crippen molar-refractivity contribution in [2.75, 3.05) is 51.7 Å². The monoisotopic (exact) mass is 610 g/mol. The van der Waals surface area contributed by atoms with Crippen molar-refractivity contribution < 1.29 is 37.9 Å². The number of aliphatic hydroxyl groups excluding tert-OH is 1. The number of nitrogens with zero attached hydrogens (tertiary/aromatic N) is 4. The van der Waals surface area contributed by atoms with Gasteiger partial charge in [0.25, 0.3) is 5.85 Å². The Morgan fingerprint density at radius 2 is 1.98 bits per heavy atom. The summed E-state index contributed by atoms with van der Waals surface area (Å²) >= 11 is 0. The molecule has 0 bridgehead atoms. The molecule has 2 aromatic heterocycles. The van der Waals surface area contributed by atoms with Crippen LogP contribution in [-0.4, -0.2) is 77.6 Å². The lowest BCUT2D eigenvalue weighted by atomic mass is 9.85. The first kappa shape index (κ1) is 30.3. The minimum absolute atomic E-state index is 0.0427. The molecule has 1 saturated carbocycles. The molecule has 2 N–H and O–H groups in total. The molecule has 4 aromatic rings. The molecule has 0 spiro atoms. The first-order valence-corrected chi connectivity index (χ1v) is 14.7. The Morgan fingerprint density at radius 3 is 2.70 bits per heavy atom. The topological polar surface area (TPSA) is 119 Å². The Balaban J connectivity index is 1.47. The van der Waals surface area contributed by atoms with Crippen LogP contribution in [0, 0.1) is 11.2 Å². The molecule has 2 atom stereocenters. The van der Waals surface area contributed by atoms with Crippen molar-refractivity contribution in [3.63, 3.8) is 0 Å². The summed E-state index contributed by atoms with van der Waals surface area (Å²) in [5, 5.41) is 22.7. The van der Waals surface area contributed by atoms with Crippen LogP contribution >= 0.6 is 0 Å². The molecule has 0 amide bonds. The molecule has 1 aliphatic heterocycles. The minimum Gasteiger partial charge on any atom is -0.468 e. The van der Waals surface area contributed by atoms with Crippen molar-refractivity contribution in [2.45, 2.75) is 44.6 Å². The molecule has 2 aromatic carbocycles. The van der Waals surface area contributed by atoms with E-state index in [0.717, 1.165) is 0 Å². The van der Waals surface area contributed by atoms with Crippen LogP contribution < -0.4 is 14.4 Å². The fourth-order valence-electron chi connectivity index (χ4n) is 6.03. The summed E-state index contributed by atoms with van der Waals surface area (Å²) in [7, 11) is 1.48. The summed E-state index contributed by atoms with van der Waals surface area (Å²) < 4.78 is 55.5. The predicted molar refractivity (Wildman–Crippen MR) is 159 cm³/mol. The normalized spacial score (nSPS) is 21.2. The number of alkyl halides is 1. The summed E-state index contributed by atoms with van der Waals surface area (Å²) in [6, 6.07) is 7.63. The van der Waals surface area contributed by atoms with Gasteiger partial charge < -0.3 is 34.1 Å². The number of aryl methyl sites for hydroxylation is 1. The predicted octanol–water partition coefficient (Wildman–Crippen LogP) is 4.42. The molecule has 44 heavy (non-hydrogen) atoms. The van der Waals surface area contributed by atoms with Gasteiger partial charge in [-0.1, -0.05) is 13.0 Å². The molecular weight excluding hydrogens is 574 g/mol. The first-order valence-electron chi connectivity index (χ1n) is 14.7. The first-order chi connectivity index (χ1) is 21.1. The van der Waals surface area contributed by atoms with Crippen molar-refractivity contribution in [3.8, 4) is 11.6 Å². The highest BCUT2D eigenvalue weighted by atomic mass is 19.2. The molecule has 10 nitrogen and oxygen atoms in total. The van der Waals surface area contributed by atoms with Gasteiger partial charge in [0.15, 0.2) is 6.79 Å². The second-order valence-electron chi connectivity index (χ2n) is 11.8. The maximum absolute atomic E-state index is 17.9. The van der Waals surface area contributed by atoms with E-state index in [0.29, 0.717) is 71.2 Å². The summed E-state index contributed by atoms with van der Waals surface area (Å²) in [5.41, 5.74) is -1.55. The van der Waals surface area contributed by atoms with E-state index < -0.39 is 29.3 Å². The van der Waals surface area contributed by atoms with E-state index in [1.807, 2.05) is 4.90 Å². The number of hydrogen-bond donors (Lipinski definition) is 2. The highest BCUT2D eigenvalue weighted by molar-refractivity contribution is 5.92. The number of rotatable bonds is 10. The number of benzene rings is 2. The van der Waals surface area contributed by atoms with E-state index in [2.05, 4.69) is 15.0 Å². The molecule has 1 saturated heterocycles. The highest BCUT2D eigenvalue weighted by Crippen LogP contribution is 2.62. The van der Waals surface area contributed by atoms with Crippen LogP contribution in [0.4, 0.5) is 14.6 Å². The smallest absolute Gasteiger partial charge is 0.284 e. The van der Waals surface area contributed by atoms with Gasteiger partial charge in [-0.2, -0.15) is 4.39 Å². The van der Waals surface area contributed by atoms with Crippen LogP contribution in [0.3, 0.4) is 0 Å². The Hall–Kier alpha value is -3.71. The molecule has 2 aliphatic rings. The maximum atomic E-state index is 17.9. The number of pyridine rings is 1. The summed E-state index contributed by atoms with van der Waals surface area (Å²) in [5.74, 6) is -2.28. The number of fused-ring (bicyclic) bond motifs is 2. The van der Waals surface area contributed by atoms with Crippen LogP contribution in [-0.2, 0) is 21.7 Å². The van der Waals surface area contributed by atoms with Gasteiger partial charge in [0.05, 0.1) is 42.7 Å². The lowest BCUT2D eigenvalue weighted by Gasteiger charge is -2.35. The van der Waals surface area contributed by atoms with Gasteiger partial charge in [0, 0.05) is 31.5 Å². The van der Waals surface area contributed by atoms with Crippen LogP contribution in [0.25, 0.3) is 21.7 Å². The van der Waals surface area contributed by atoms with E-state index in [9.17, 15) is 10.2 Å². The second-order valence-corrected chi connectivity index (χ2v) is 11.8. The van der Waals surface area contributed by atoms with E-state index in [4.69, 9.17) is 18.9 Å². The maximum Gasteiger partial charge on any atom is 0.284 e. The van der Waals surface area contributed by atoms with E-state index in [-0.39, 0.29) is 31.4 Å². The Labute approximate surface area is 253 Å². The quantitative estimate of drug-likeness (QED) is 0.250. The summed E-state index contributed by atoms with van der Waals surface area (Å²) in [6.07, 6.45) is 3.89. The van der Waals surface area contributed by atoms with Crippen LogP contribution in [0.1, 0.15) is 37.8 Å². The van der Waals surface area contributed by atoms with E-state index in [1.165, 1.54) is 37.8 Å². The zero-order chi connectivity index (χ0) is 31.1. The third-order valence-corrected chi connectivity index (χ3v) is 8.49. The van der Waals surface area contributed by atoms with Crippen molar-refractivity contribution in [1.29, 1.82) is 0 Å². The fraction of sp³-hybridized carbons (Fsp3) is 0.469. The number of halogens is 2. The van der Waals surface area contributed by atoms with Gasteiger partial charge >= 0.3 is 0 Å². The van der Waals surface area contributed by atoms with Gasteiger partial charge in [0.1, 0.15) is 29.3 Å². The highest BCUT2D eigenvalue weighted by Gasteiger charge is 2.64.